The number of rotatable bonds is 7. The fraction of sp³-hybridized carbons (Fsp3) is 0.303. The highest BCUT2D eigenvalue weighted by atomic mass is 35.5. The molecule has 0 N–H and O–H groups in total. The smallest absolute Gasteiger partial charge is 0.243 e. The number of halogens is 1. The summed E-state index contributed by atoms with van der Waals surface area (Å²) in [5.41, 5.74) is 4.79. The molecule has 1 fully saturated rings. The Hall–Kier alpha value is -4.43. The van der Waals surface area contributed by atoms with E-state index in [1.54, 1.807) is 42.3 Å². The number of sulfonamides is 1. The van der Waals surface area contributed by atoms with E-state index < -0.39 is 10.0 Å². The summed E-state index contributed by atoms with van der Waals surface area (Å²) in [5, 5.41) is 10.5. The number of methoxy groups -OCH3 is 1. The van der Waals surface area contributed by atoms with Crippen LogP contribution in [-0.2, 0) is 29.6 Å². The minimum Gasteiger partial charge on any atom is -1.00 e. The van der Waals surface area contributed by atoms with Gasteiger partial charge in [0, 0.05) is 38.7 Å². The van der Waals surface area contributed by atoms with Crippen molar-refractivity contribution in [2.45, 2.75) is 24.5 Å². The molecular weight excluding hydrogens is 644 g/mol. The van der Waals surface area contributed by atoms with Gasteiger partial charge in [0.05, 0.1) is 34.8 Å². The van der Waals surface area contributed by atoms with Crippen LogP contribution in [0.15, 0.2) is 71.9 Å². The fourth-order valence-electron chi connectivity index (χ4n) is 6.29. The van der Waals surface area contributed by atoms with Gasteiger partial charge in [-0.05, 0) is 66.5 Å². The molecule has 5 aromatic rings. The number of hydrogen-bond donors (Lipinski definition) is 0. The van der Waals surface area contributed by atoms with Crippen LogP contribution in [0.25, 0.3) is 27.7 Å². The van der Waals surface area contributed by atoms with E-state index in [4.69, 9.17) is 18.9 Å². The van der Waals surface area contributed by atoms with E-state index in [1.807, 2.05) is 19.2 Å². The zero-order valence-electron chi connectivity index (χ0n) is 25.9. The molecule has 14 heteroatoms. The Balaban J connectivity index is 0.00000351. The molecule has 0 amide bonds. The highest BCUT2D eigenvalue weighted by Crippen LogP contribution is 2.42. The molecule has 0 atom stereocenters. The summed E-state index contributed by atoms with van der Waals surface area (Å²) in [6.45, 7) is 3.63. The van der Waals surface area contributed by atoms with Gasteiger partial charge in [0.2, 0.25) is 22.5 Å². The van der Waals surface area contributed by atoms with Crippen LogP contribution in [0.3, 0.4) is 0 Å². The van der Waals surface area contributed by atoms with Crippen molar-refractivity contribution in [2.24, 2.45) is 0 Å². The van der Waals surface area contributed by atoms with Crippen LogP contribution in [0.1, 0.15) is 11.3 Å². The Morgan fingerprint density at radius 2 is 1.74 bits per heavy atom. The first-order valence-corrected chi connectivity index (χ1v) is 16.6. The van der Waals surface area contributed by atoms with Crippen molar-refractivity contribution in [3.05, 3.63) is 78.2 Å². The third kappa shape index (κ3) is 5.63. The largest absolute Gasteiger partial charge is 1.00 e. The zero-order chi connectivity index (χ0) is 31.4. The highest BCUT2D eigenvalue weighted by molar-refractivity contribution is 7.89. The second-order valence-electron chi connectivity index (χ2n) is 11.7. The summed E-state index contributed by atoms with van der Waals surface area (Å²) >= 11 is 0. The molecule has 0 saturated carbocycles. The average molecular weight is 677 g/mol. The number of fused-ring (bicyclic) bond motifs is 5. The van der Waals surface area contributed by atoms with Crippen molar-refractivity contribution < 1.29 is 44.3 Å². The molecule has 1 saturated heterocycles. The van der Waals surface area contributed by atoms with Crippen LogP contribution in [0.4, 0.5) is 0 Å². The molecule has 0 bridgehead atoms. The van der Waals surface area contributed by atoms with Gasteiger partial charge in [-0.3, -0.25) is 0 Å². The normalized spacial score (nSPS) is 16.0. The number of benzene rings is 3. The van der Waals surface area contributed by atoms with Gasteiger partial charge >= 0.3 is 0 Å². The summed E-state index contributed by atoms with van der Waals surface area (Å²) in [6, 6.07) is 17.0. The van der Waals surface area contributed by atoms with Crippen molar-refractivity contribution in [2.75, 3.05) is 47.1 Å². The molecule has 0 unspecified atom stereocenters. The lowest BCUT2D eigenvalue weighted by Crippen LogP contribution is -3.00. The van der Waals surface area contributed by atoms with Crippen LogP contribution in [0.2, 0.25) is 0 Å². The molecule has 2 aromatic heterocycles. The van der Waals surface area contributed by atoms with Gasteiger partial charge < -0.3 is 36.3 Å². The van der Waals surface area contributed by atoms with Gasteiger partial charge in [0.25, 0.3) is 0 Å². The Morgan fingerprint density at radius 3 is 2.51 bits per heavy atom. The predicted octanol–water partition coefficient (Wildman–Crippen LogP) is 0.188. The molecular formula is C33H33ClN6O6S. The molecule has 5 heterocycles. The summed E-state index contributed by atoms with van der Waals surface area (Å²) in [4.78, 5) is 2.39. The monoisotopic (exact) mass is 676 g/mol. The first kappa shape index (κ1) is 31.2. The van der Waals surface area contributed by atoms with Crippen LogP contribution >= 0.6 is 0 Å². The van der Waals surface area contributed by atoms with E-state index in [2.05, 4.69) is 44.2 Å². The van der Waals surface area contributed by atoms with Gasteiger partial charge in [-0.15, -0.1) is 5.10 Å². The van der Waals surface area contributed by atoms with Crippen LogP contribution in [0.5, 0.6) is 23.0 Å². The average Bonchev–Trinajstić information content (AvgIpc) is 3.75. The fourth-order valence-corrected chi connectivity index (χ4v) is 7.71. The third-order valence-electron chi connectivity index (χ3n) is 8.90. The van der Waals surface area contributed by atoms with Crippen molar-refractivity contribution >= 4 is 20.8 Å². The quantitative estimate of drug-likeness (QED) is 0.223. The van der Waals surface area contributed by atoms with Crippen molar-refractivity contribution in [1.82, 2.24) is 24.2 Å². The maximum Gasteiger partial charge on any atom is 0.243 e. The van der Waals surface area contributed by atoms with Gasteiger partial charge in [0.15, 0.2) is 35.7 Å². The van der Waals surface area contributed by atoms with E-state index in [-0.39, 0.29) is 30.7 Å². The van der Waals surface area contributed by atoms with Crippen molar-refractivity contribution in [3.63, 3.8) is 0 Å². The molecule has 47 heavy (non-hydrogen) atoms. The second kappa shape index (κ2) is 12.3. The standard InChI is InChI=1S/C33H33N6O6S.ClH/c1-36-11-13-38(14-12-36)46(40,41)26-6-4-25(5-7-26)39-18-24(34-35-39)20-43-33-28-19-37-10-9-23-16-31-32(45-21-44-31)17-27(23)29(37)15-22(28)3-8-30(33)42-2;/h3-8,15-19H,9-14,20-21H2,1-2H3;1H/q+1;/p-1. The maximum absolute atomic E-state index is 13.1. The number of aromatic nitrogens is 4. The van der Waals surface area contributed by atoms with E-state index >= 15 is 0 Å². The van der Waals surface area contributed by atoms with Crippen LogP contribution < -0.4 is 35.9 Å². The molecule has 244 valence electrons. The lowest BCUT2D eigenvalue weighted by atomic mass is 9.95. The number of ether oxygens (including phenoxy) is 4. The lowest BCUT2D eigenvalue weighted by Gasteiger charge is -2.31. The van der Waals surface area contributed by atoms with Gasteiger partial charge in [0.1, 0.15) is 12.3 Å². The Labute approximate surface area is 278 Å². The summed E-state index contributed by atoms with van der Waals surface area (Å²) in [7, 11) is 0.0747. The molecule has 12 nitrogen and oxygen atoms in total. The minimum absolute atomic E-state index is 0. The number of likely N-dealkylation sites (N-methyl/N-ethyl adjacent to an activating group) is 1. The molecule has 3 aliphatic heterocycles. The summed E-state index contributed by atoms with van der Waals surface area (Å²) < 4.78 is 54.9. The van der Waals surface area contributed by atoms with E-state index in [1.165, 1.54) is 9.87 Å². The Kier molecular flexibility index (Phi) is 8.16. The molecule has 3 aromatic carbocycles. The van der Waals surface area contributed by atoms with E-state index in [0.29, 0.717) is 36.0 Å². The Morgan fingerprint density at radius 1 is 0.979 bits per heavy atom. The molecule has 0 radical (unpaired) electrons. The van der Waals surface area contributed by atoms with Gasteiger partial charge in [-0.25, -0.2) is 13.1 Å². The molecule has 3 aliphatic rings. The van der Waals surface area contributed by atoms with Crippen LogP contribution in [-0.4, -0.2) is 79.7 Å². The van der Waals surface area contributed by atoms with E-state index in [9.17, 15) is 8.42 Å². The molecule has 8 rings (SSSR count). The SMILES string of the molecule is COc1ccc2cc3[n+](cc2c1OCc1cn(-c2ccc(S(=O)(=O)N4CCN(C)CC4)cc2)nn1)CCc1cc2c(cc1-3)OCO2.[Cl-]. The minimum atomic E-state index is -3.55. The first-order valence-electron chi connectivity index (χ1n) is 15.2. The van der Waals surface area contributed by atoms with Gasteiger partial charge in [-0.2, -0.15) is 8.87 Å². The highest BCUT2D eigenvalue weighted by Gasteiger charge is 2.29. The second-order valence-corrected chi connectivity index (χ2v) is 13.6. The van der Waals surface area contributed by atoms with Gasteiger partial charge in [-0.1, -0.05) is 5.21 Å². The summed E-state index contributed by atoms with van der Waals surface area (Å²) in [6.07, 6.45) is 4.77. The Bertz CT molecular complexity index is 2080. The van der Waals surface area contributed by atoms with E-state index in [0.717, 1.165) is 59.6 Å². The topological polar surface area (TPSA) is 112 Å². The predicted molar refractivity (Wildman–Crippen MR) is 168 cm³/mol. The molecule has 0 spiro atoms. The maximum atomic E-state index is 13.1. The summed E-state index contributed by atoms with van der Waals surface area (Å²) in [5.74, 6) is 2.82. The lowest BCUT2D eigenvalue weighted by molar-refractivity contribution is -0.686. The van der Waals surface area contributed by atoms with Crippen molar-refractivity contribution in [3.8, 4) is 39.9 Å². The number of nitrogens with zero attached hydrogens (tertiary/aromatic N) is 6. The number of pyridine rings is 1. The third-order valence-corrected chi connectivity index (χ3v) is 10.8. The van der Waals surface area contributed by atoms with Crippen LogP contribution in [0, 0.1) is 0 Å². The van der Waals surface area contributed by atoms with Crippen molar-refractivity contribution in [1.29, 1.82) is 0 Å². The number of piperazine rings is 1. The number of hydrogen-bond acceptors (Lipinski definition) is 9. The first-order chi connectivity index (χ1) is 22.4. The number of aryl methyl sites for hydroxylation is 2. The zero-order valence-corrected chi connectivity index (χ0v) is 27.5. The molecule has 0 aliphatic carbocycles.